The molecule has 0 aliphatic rings. The molecule has 0 heterocycles. The smallest absolute Gasteiger partial charge is 0.173 e. The number of nitriles is 1. The van der Waals surface area contributed by atoms with Gasteiger partial charge in [0.2, 0.25) is 0 Å². The molecule has 0 spiro atoms. The summed E-state index contributed by atoms with van der Waals surface area (Å²) >= 11 is 0. The van der Waals surface area contributed by atoms with Crippen LogP contribution in [0.2, 0.25) is 0 Å². The largest absolute Gasteiger partial charge is 0.337 e. The summed E-state index contributed by atoms with van der Waals surface area (Å²) in [7, 11) is 0. The van der Waals surface area contributed by atoms with Crippen molar-refractivity contribution < 1.29 is 0 Å². The normalized spacial score (nSPS) is 2.20. The van der Waals surface area contributed by atoms with Gasteiger partial charge >= 0.3 is 0 Å². The highest BCUT2D eigenvalue weighted by Crippen LogP contribution is 0.900. The molecule has 0 unspecified atom stereocenters. The zero-order valence-corrected chi connectivity index (χ0v) is 2.94. The minimum Gasteiger partial charge on any atom is -0.337 e. The van der Waals surface area contributed by atoms with E-state index in [9.17, 15) is 0 Å². The van der Waals surface area contributed by atoms with Gasteiger partial charge in [-0.3, -0.25) is 0 Å². The van der Waals surface area contributed by atoms with E-state index < -0.39 is 0 Å². The van der Waals surface area contributed by atoms with Crippen LogP contribution in [0.5, 0.6) is 0 Å². The SMILES string of the molecule is C=C.N#CN. The molecule has 0 aliphatic heterocycles. The Morgan fingerprint density at radius 3 is 1.60 bits per heavy atom. The lowest BCUT2D eigenvalue weighted by Gasteiger charge is -1.24. The Morgan fingerprint density at radius 1 is 1.60 bits per heavy atom. The maximum Gasteiger partial charge on any atom is 0.173 e. The quantitative estimate of drug-likeness (QED) is 0.252. The van der Waals surface area contributed by atoms with Crippen LogP contribution in [0, 0.1) is 11.5 Å². The summed E-state index contributed by atoms with van der Waals surface area (Å²) in [6.45, 7) is 6.00. The van der Waals surface area contributed by atoms with Crippen molar-refractivity contribution in [2.45, 2.75) is 0 Å². The standard InChI is InChI=1S/C2H4.CH2N2/c1-2;2-1-3/h1-2H2;2H2. The molecule has 0 rings (SSSR count). The average Bonchev–Trinajstić information content (AvgIpc) is 1.46. The topological polar surface area (TPSA) is 49.8 Å². The van der Waals surface area contributed by atoms with Crippen molar-refractivity contribution in [1.29, 1.82) is 5.26 Å². The summed E-state index contributed by atoms with van der Waals surface area (Å²) in [6.07, 6.45) is 1.25. The predicted molar refractivity (Wildman–Crippen MR) is 21.1 cm³/mol. The molecule has 2 N–H and O–H groups in total. The van der Waals surface area contributed by atoms with E-state index in [1.807, 2.05) is 0 Å². The fourth-order valence-corrected chi connectivity index (χ4v) is 0. The fraction of sp³-hybridized carbons (Fsp3) is 0. The van der Waals surface area contributed by atoms with E-state index >= 15 is 0 Å². The molecule has 0 aromatic rings. The van der Waals surface area contributed by atoms with Gasteiger partial charge < -0.3 is 5.73 Å². The minimum atomic E-state index is 1.25. The molecule has 0 bridgehead atoms. The van der Waals surface area contributed by atoms with E-state index in [4.69, 9.17) is 5.26 Å². The Balaban J connectivity index is 0. The molecular formula is C3H6N2. The molecule has 0 saturated carbocycles. The maximum atomic E-state index is 7.10. The molecule has 0 saturated heterocycles. The molecule has 0 aliphatic carbocycles. The van der Waals surface area contributed by atoms with Gasteiger partial charge in [-0.25, -0.2) is 0 Å². The molecule has 2 heteroatoms. The summed E-state index contributed by atoms with van der Waals surface area (Å²) in [5.74, 6) is 0. The Morgan fingerprint density at radius 2 is 1.60 bits per heavy atom. The van der Waals surface area contributed by atoms with Crippen LogP contribution in [-0.2, 0) is 0 Å². The van der Waals surface area contributed by atoms with Crippen molar-refractivity contribution in [3.05, 3.63) is 13.2 Å². The van der Waals surface area contributed by atoms with E-state index in [2.05, 4.69) is 18.9 Å². The number of hydrogen-bond acceptors (Lipinski definition) is 2. The van der Waals surface area contributed by atoms with Crippen LogP contribution in [0.4, 0.5) is 0 Å². The highest BCUT2D eigenvalue weighted by atomic mass is 14.5. The van der Waals surface area contributed by atoms with E-state index in [-0.39, 0.29) is 0 Å². The number of nitrogens with zero attached hydrogens (tertiary/aromatic N) is 1. The van der Waals surface area contributed by atoms with Crippen LogP contribution in [0.25, 0.3) is 0 Å². The first-order valence-electron chi connectivity index (χ1n) is 1.01. The van der Waals surface area contributed by atoms with Gasteiger partial charge in [0.05, 0.1) is 0 Å². The Kier molecular flexibility index (Phi) is 24900. The second-order valence-electron chi connectivity index (χ2n) is 0.129. The number of nitrogens with two attached hydrogens (primary N) is 1. The Labute approximate surface area is 31.5 Å². The van der Waals surface area contributed by atoms with Crippen molar-refractivity contribution in [3.8, 4) is 6.19 Å². The van der Waals surface area contributed by atoms with E-state index in [1.165, 1.54) is 6.19 Å². The summed E-state index contributed by atoms with van der Waals surface area (Å²) in [4.78, 5) is 0. The van der Waals surface area contributed by atoms with Gasteiger partial charge in [0.15, 0.2) is 6.19 Å². The van der Waals surface area contributed by atoms with Crippen LogP contribution >= 0.6 is 0 Å². The summed E-state index contributed by atoms with van der Waals surface area (Å²) in [6, 6.07) is 0. The van der Waals surface area contributed by atoms with Crippen LogP contribution in [0.1, 0.15) is 0 Å². The molecule has 0 radical (unpaired) electrons. The van der Waals surface area contributed by atoms with Gasteiger partial charge in [0.1, 0.15) is 0 Å². The second-order valence-corrected chi connectivity index (χ2v) is 0.129. The number of rotatable bonds is 0. The van der Waals surface area contributed by atoms with Gasteiger partial charge in [-0.15, -0.1) is 13.2 Å². The van der Waals surface area contributed by atoms with Gasteiger partial charge in [-0.1, -0.05) is 0 Å². The third kappa shape index (κ3) is 3.42. The lowest BCUT2D eigenvalue weighted by atomic mass is 11.3. The van der Waals surface area contributed by atoms with Gasteiger partial charge in [-0.05, 0) is 0 Å². The van der Waals surface area contributed by atoms with Crippen molar-refractivity contribution in [3.63, 3.8) is 0 Å². The molecule has 0 aromatic carbocycles. The lowest BCUT2D eigenvalue weighted by molar-refractivity contribution is 1.45. The van der Waals surface area contributed by atoms with Crippen molar-refractivity contribution >= 4 is 0 Å². The van der Waals surface area contributed by atoms with Gasteiger partial charge in [0, 0.05) is 0 Å². The molecule has 28 valence electrons. The van der Waals surface area contributed by atoms with Crippen LogP contribution in [-0.4, -0.2) is 0 Å². The van der Waals surface area contributed by atoms with Crippen molar-refractivity contribution in [1.82, 2.24) is 0 Å². The molecule has 0 atom stereocenters. The zero-order chi connectivity index (χ0) is 4.71. The first-order valence-corrected chi connectivity index (χ1v) is 1.01. The molecule has 5 heavy (non-hydrogen) atoms. The van der Waals surface area contributed by atoms with Crippen LogP contribution < -0.4 is 5.73 Å². The number of hydrogen-bond donors (Lipinski definition) is 1. The Hall–Kier alpha value is -0.970. The Bertz CT molecular complexity index is 34.6. The highest BCUT2D eigenvalue weighted by Gasteiger charge is 1.12. The van der Waals surface area contributed by atoms with E-state index in [0.29, 0.717) is 0 Å². The molecule has 0 amide bonds. The molecule has 0 aromatic heterocycles. The highest BCUT2D eigenvalue weighted by molar-refractivity contribution is 4.46. The van der Waals surface area contributed by atoms with Gasteiger partial charge in [0.25, 0.3) is 0 Å². The maximum absolute atomic E-state index is 7.10. The molecule has 2 nitrogen and oxygen atoms in total. The van der Waals surface area contributed by atoms with E-state index in [1.54, 1.807) is 0 Å². The zero-order valence-electron chi connectivity index (χ0n) is 2.94. The fourth-order valence-electron chi connectivity index (χ4n) is 0. The van der Waals surface area contributed by atoms with Crippen molar-refractivity contribution in [2.75, 3.05) is 0 Å². The predicted octanol–water partition coefficient (Wildman–Crippen LogP) is 0.228. The second kappa shape index (κ2) is 13900. The van der Waals surface area contributed by atoms with Crippen LogP contribution in [0.3, 0.4) is 0 Å². The first-order chi connectivity index (χ1) is 2.41. The summed E-state index contributed by atoms with van der Waals surface area (Å²) in [5.41, 5.74) is 4.15. The molecular weight excluding hydrogens is 64.0 g/mol. The molecule has 0 fully saturated rings. The van der Waals surface area contributed by atoms with Crippen LogP contribution in [0.15, 0.2) is 13.2 Å². The minimum absolute atomic E-state index is 1.25. The van der Waals surface area contributed by atoms with E-state index in [0.717, 1.165) is 0 Å². The first kappa shape index (κ1) is 8.98. The third-order valence-corrected chi connectivity index (χ3v) is 0. The summed E-state index contributed by atoms with van der Waals surface area (Å²) in [5, 5.41) is 7.10. The monoisotopic (exact) mass is 70.1 g/mol. The average molecular weight is 70.1 g/mol. The third-order valence-electron chi connectivity index (χ3n) is 0. The summed E-state index contributed by atoms with van der Waals surface area (Å²) < 4.78 is 0. The lowest BCUT2D eigenvalue weighted by Crippen LogP contribution is -1.69. The van der Waals surface area contributed by atoms with Gasteiger partial charge in [-0.2, -0.15) is 5.26 Å². The van der Waals surface area contributed by atoms with Crippen molar-refractivity contribution in [2.24, 2.45) is 5.73 Å².